The molecule has 6 N–H and O–H groups in total. The van der Waals surface area contributed by atoms with E-state index in [1.807, 2.05) is 44.2 Å². The number of nitrogens with one attached hydrogen (secondary N) is 3. The van der Waals surface area contributed by atoms with Crippen LogP contribution in [0.15, 0.2) is 36.5 Å². The highest BCUT2D eigenvalue weighted by molar-refractivity contribution is 5.92. The van der Waals surface area contributed by atoms with Crippen LogP contribution < -0.4 is 21.7 Å². The summed E-state index contributed by atoms with van der Waals surface area (Å²) in [6.45, 7) is 7.32. The zero-order chi connectivity index (χ0) is 31.6. The summed E-state index contributed by atoms with van der Waals surface area (Å²) in [7, 11) is 1.67. The van der Waals surface area contributed by atoms with E-state index in [9.17, 15) is 9.59 Å². The van der Waals surface area contributed by atoms with Gasteiger partial charge in [0.05, 0.1) is 5.69 Å². The van der Waals surface area contributed by atoms with Crippen molar-refractivity contribution in [2.45, 2.75) is 78.2 Å². The Morgan fingerprint density at radius 1 is 1.05 bits per heavy atom. The number of carbonyl (C=O) groups is 3. The fourth-order valence-corrected chi connectivity index (χ4v) is 5.15. The highest BCUT2D eigenvalue weighted by Gasteiger charge is 2.24. The number of aliphatic hydroxyl groups is 1. The average molecular weight is 594 g/mol. The first-order valence-electron chi connectivity index (χ1n) is 14.9. The number of benzene rings is 2. The molecule has 0 atom stereocenters. The minimum atomic E-state index is -0.0978. The molecule has 2 aromatic carbocycles. The number of aryl methyl sites for hydroxylation is 5. The number of nitrogens with two attached hydrogens (primary N) is 1. The number of rotatable bonds is 8. The van der Waals surface area contributed by atoms with Crippen molar-refractivity contribution in [3.05, 3.63) is 70.0 Å². The zero-order valence-electron chi connectivity index (χ0n) is 25.7. The van der Waals surface area contributed by atoms with E-state index in [0.717, 1.165) is 48.4 Å². The third kappa shape index (κ3) is 11.3. The molecule has 1 aromatic heterocycles. The molecule has 2 aliphatic carbocycles. The lowest BCUT2D eigenvalue weighted by atomic mass is 9.99. The molecule has 43 heavy (non-hydrogen) atoms. The molecule has 0 saturated heterocycles. The number of aliphatic hydroxyl groups excluding tert-OH is 1. The van der Waals surface area contributed by atoms with Crippen molar-refractivity contribution in [2.24, 2.45) is 5.73 Å². The number of carbonyl (C=O) groups excluding carboxylic acids is 3. The molecule has 3 aromatic rings. The summed E-state index contributed by atoms with van der Waals surface area (Å²) in [4.78, 5) is 31.5. The Hall–Kier alpha value is -4.09. The number of hydrogen-bond acceptors (Lipinski definition) is 7. The molecule has 0 fully saturated rings. The molecular weight excluding hydrogens is 546 g/mol. The van der Waals surface area contributed by atoms with Crippen LogP contribution in [0.1, 0.15) is 66.1 Å². The van der Waals surface area contributed by atoms with Crippen molar-refractivity contribution in [2.75, 3.05) is 30.8 Å². The Kier molecular flexibility index (Phi) is 15.6. The standard InChI is InChI=1S/C15H21N5O.C14H18N2O.C2H6O.CH2O/c1-12-4-2-5-13(10-12)17-15(21)7-6-14-11-20(19-18-14)9-3-8-16;1-15-14(17)16-13-11-6-2-4-9(11)8-10-5-3-7-12(10)13;1-2-3;1-2/h2,4-5,10-11H,3,6-9,16H2,1H3,(H,17,21);8H,2-7H2,1H3,(H2,15,16,17);3H,2H2,1H3;1H2. The van der Waals surface area contributed by atoms with Crippen LogP contribution in [-0.2, 0) is 48.2 Å². The lowest BCUT2D eigenvalue weighted by molar-refractivity contribution is -0.116. The van der Waals surface area contributed by atoms with Gasteiger partial charge in [-0.1, -0.05) is 23.4 Å². The molecule has 11 nitrogen and oxygen atoms in total. The second kappa shape index (κ2) is 19.2. The van der Waals surface area contributed by atoms with E-state index in [1.54, 1.807) is 18.7 Å². The van der Waals surface area contributed by atoms with Crippen molar-refractivity contribution in [1.29, 1.82) is 0 Å². The van der Waals surface area contributed by atoms with Gasteiger partial charge in [0.25, 0.3) is 0 Å². The van der Waals surface area contributed by atoms with Crippen molar-refractivity contribution >= 4 is 30.1 Å². The van der Waals surface area contributed by atoms with Gasteiger partial charge in [-0.25, -0.2) is 4.79 Å². The molecule has 11 heteroatoms. The predicted octanol–water partition coefficient (Wildman–Crippen LogP) is 3.74. The Balaban J connectivity index is 0.000000265. The number of nitrogens with zero attached hydrogens (tertiary/aromatic N) is 3. The highest BCUT2D eigenvalue weighted by atomic mass is 16.2. The molecule has 0 saturated carbocycles. The Morgan fingerprint density at radius 2 is 1.70 bits per heavy atom. The molecule has 0 aliphatic heterocycles. The second-order valence-corrected chi connectivity index (χ2v) is 10.3. The van der Waals surface area contributed by atoms with Gasteiger partial charge >= 0.3 is 6.03 Å². The lowest BCUT2D eigenvalue weighted by Crippen LogP contribution is -2.25. The van der Waals surface area contributed by atoms with Gasteiger partial charge in [0.15, 0.2) is 0 Å². The van der Waals surface area contributed by atoms with Gasteiger partial charge in [-0.05, 0) is 105 Å². The fourth-order valence-electron chi connectivity index (χ4n) is 5.15. The van der Waals surface area contributed by atoms with E-state index in [4.69, 9.17) is 15.6 Å². The minimum absolute atomic E-state index is 0.0166. The van der Waals surface area contributed by atoms with E-state index < -0.39 is 0 Å². The molecule has 5 rings (SSSR count). The van der Waals surface area contributed by atoms with Crippen LogP contribution in [0.25, 0.3) is 0 Å². The molecule has 0 radical (unpaired) electrons. The molecule has 234 valence electrons. The van der Waals surface area contributed by atoms with E-state index >= 15 is 0 Å². The zero-order valence-corrected chi connectivity index (χ0v) is 25.7. The van der Waals surface area contributed by atoms with Gasteiger partial charge in [-0.3, -0.25) is 9.48 Å². The average Bonchev–Trinajstić information content (AvgIpc) is 3.78. The lowest BCUT2D eigenvalue weighted by Gasteiger charge is -2.15. The maximum atomic E-state index is 11.9. The topological polar surface area (TPSA) is 164 Å². The first-order valence-corrected chi connectivity index (χ1v) is 14.9. The van der Waals surface area contributed by atoms with Crippen LogP contribution in [0.3, 0.4) is 0 Å². The van der Waals surface area contributed by atoms with Crippen LogP contribution in [0.5, 0.6) is 0 Å². The van der Waals surface area contributed by atoms with E-state index in [-0.39, 0.29) is 18.5 Å². The molecule has 0 spiro atoms. The van der Waals surface area contributed by atoms with Crippen molar-refractivity contribution < 1.29 is 19.5 Å². The number of aromatic nitrogens is 3. The van der Waals surface area contributed by atoms with Gasteiger partial charge in [-0.15, -0.1) is 5.10 Å². The van der Waals surface area contributed by atoms with Gasteiger partial charge in [0, 0.05) is 50.6 Å². The number of urea groups is 1. The molecule has 2 aliphatic rings. The van der Waals surface area contributed by atoms with Gasteiger partial charge in [0.1, 0.15) is 6.79 Å². The molecule has 3 amide bonds. The molecule has 0 bridgehead atoms. The van der Waals surface area contributed by atoms with E-state index in [2.05, 4.69) is 32.3 Å². The van der Waals surface area contributed by atoms with Crippen molar-refractivity contribution in [1.82, 2.24) is 20.3 Å². The number of amides is 3. The van der Waals surface area contributed by atoms with Crippen molar-refractivity contribution in [3.63, 3.8) is 0 Å². The quantitative estimate of drug-likeness (QED) is 0.266. The first-order chi connectivity index (χ1) is 20.9. The maximum absolute atomic E-state index is 11.9. The Labute approximate surface area is 254 Å². The van der Waals surface area contributed by atoms with Crippen LogP contribution in [0.2, 0.25) is 0 Å². The van der Waals surface area contributed by atoms with Crippen LogP contribution >= 0.6 is 0 Å². The summed E-state index contributed by atoms with van der Waals surface area (Å²) in [5.74, 6) is -0.0166. The van der Waals surface area contributed by atoms with Crippen molar-refractivity contribution in [3.8, 4) is 0 Å². The maximum Gasteiger partial charge on any atom is 0.318 e. The van der Waals surface area contributed by atoms with Gasteiger partial charge < -0.3 is 31.6 Å². The SMILES string of the molecule is C=O.CCO.CNC(=O)Nc1c2c(cc3c1CCC3)CCC2.Cc1cccc(NC(=O)CCc2cn(CCCN)nn2)c1. The smallest absolute Gasteiger partial charge is 0.318 e. The summed E-state index contributed by atoms with van der Waals surface area (Å²) in [6, 6.07) is 10.0. The highest BCUT2D eigenvalue weighted by Crippen LogP contribution is 2.38. The van der Waals surface area contributed by atoms with Gasteiger partial charge in [0.2, 0.25) is 5.91 Å². The summed E-state index contributed by atoms with van der Waals surface area (Å²) in [5, 5.41) is 24.2. The third-order valence-electron chi connectivity index (χ3n) is 7.03. The van der Waals surface area contributed by atoms with Crippen LogP contribution in [0, 0.1) is 6.92 Å². The number of hydrogen-bond donors (Lipinski definition) is 5. The Morgan fingerprint density at radius 3 is 2.28 bits per heavy atom. The summed E-state index contributed by atoms with van der Waals surface area (Å²) < 4.78 is 1.76. The monoisotopic (exact) mass is 593 g/mol. The first kappa shape index (κ1) is 35.1. The third-order valence-corrected chi connectivity index (χ3v) is 7.03. The predicted molar refractivity (Wildman–Crippen MR) is 170 cm³/mol. The number of fused-ring (bicyclic) bond motifs is 2. The minimum Gasteiger partial charge on any atom is -0.397 e. The van der Waals surface area contributed by atoms with Gasteiger partial charge in [-0.2, -0.15) is 0 Å². The Bertz CT molecular complexity index is 1280. The number of anilines is 2. The fraction of sp³-hybridized carbons (Fsp3) is 0.469. The molecule has 1 heterocycles. The normalized spacial score (nSPS) is 12.2. The van der Waals surface area contributed by atoms with Crippen LogP contribution in [-0.4, -0.2) is 59.0 Å². The summed E-state index contributed by atoms with van der Waals surface area (Å²) in [5.41, 5.74) is 15.0. The van der Waals surface area contributed by atoms with E-state index in [1.165, 1.54) is 47.9 Å². The van der Waals surface area contributed by atoms with E-state index in [0.29, 0.717) is 19.4 Å². The van der Waals surface area contributed by atoms with Crippen LogP contribution in [0.4, 0.5) is 16.2 Å². The summed E-state index contributed by atoms with van der Waals surface area (Å²) >= 11 is 0. The second-order valence-electron chi connectivity index (χ2n) is 10.3. The molecular formula is C32H47N7O4. The summed E-state index contributed by atoms with van der Waals surface area (Å²) in [6.07, 6.45) is 10.7. The largest absolute Gasteiger partial charge is 0.397 e. The molecule has 0 unspecified atom stereocenters.